The lowest BCUT2D eigenvalue weighted by molar-refractivity contribution is 0.611. The van der Waals surface area contributed by atoms with Gasteiger partial charge in [-0.1, -0.05) is 53.5 Å². The topological polar surface area (TPSA) is 26.0 Å². The third-order valence-corrected chi connectivity index (χ3v) is 3.80. The van der Waals surface area contributed by atoms with E-state index < -0.39 is 0 Å². The molecule has 2 rings (SSSR count). The Hall–Kier alpha value is -1.02. The Morgan fingerprint density at radius 1 is 1.00 bits per heavy atom. The lowest BCUT2D eigenvalue weighted by Gasteiger charge is -2.12. The van der Waals surface area contributed by atoms with Gasteiger partial charge in [0.15, 0.2) is 0 Å². The normalized spacial score (nSPS) is 12.4. The van der Waals surface area contributed by atoms with Crippen LogP contribution in [0.5, 0.6) is 0 Å². The van der Waals surface area contributed by atoms with Gasteiger partial charge in [-0.25, -0.2) is 0 Å². The van der Waals surface area contributed by atoms with Crippen LogP contribution in [0, 0.1) is 0 Å². The van der Waals surface area contributed by atoms with E-state index in [2.05, 4.69) is 12.1 Å². The fourth-order valence-corrected chi connectivity index (χ4v) is 2.52. The SMILES string of the molecule is NC(CCCc1cc(Cl)ccc1Cl)c1ccccc1. The van der Waals surface area contributed by atoms with Crippen molar-refractivity contribution in [3.8, 4) is 0 Å². The predicted octanol–water partition coefficient (Wildman–Crippen LogP) is 5.02. The smallest absolute Gasteiger partial charge is 0.0439 e. The highest BCUT2D eigenvalue weighted by atomic mass is 35.5. The molecular weight excluding hydrogens is 277 g/mol. The maximum Gasteiger partial charge on any atom is 0.0439 e. The molecule has 2 aromatic carbocycles. The molecule has 0 aliphatic rings. The molecule has 1 nitrogen and oxygen atoms in total. The molecule has 0 aliphatic heterocycles. The number of hydrogen-bond acceptors (Lipinski definition) is 1. The van der Waals surface area contributed by atoms with Crippen molar-refractivity contribution in [2.45, 2.75) is 25.3 Å². The molecule has 0 amide bonds. The molecule has 0 heterocycles. The van der Waals surface area contributed by atoms with Gasteiger partial charge in [0.25, 0.3) is 0 Å². The number of aryl methyl sites for hydroxylation is 1. The largest absolute Gasteiger partial charge is 0.324 e. The monoisotopic (exact) mass is 293 g/mol. The Bertz CT molecular complexity index is 526. The summed E-state index contributed by atoms with van der Waals surface area (Å²) in [5, 5.41) is 1.50. The van der Waals surface area contributed by atoms with Crippen LogP contribution in [0.15, 0.2) is 48.5 Å². The van der Waals surface area contributed by atoms with Gasteiger partial charge in [-0.15, -0.1) is 0 Å². The van der Waals surface area contributed by atoms with E-state index in [9.17, 15) is 0 Å². The van der Waals surface area contributed by atoms with Crippen LogP contribution in [0.3, 0.4) is 0 Å². The van der Waals surface area contributed by atoms with Crippen molar-refractivity contribution >= 4 is 23.2 Å². The number of hydrogen-bond donors (Lipinski definition) is 1. The third kappa shape index (κ3) is 4.24. The summed E-state index contributed by atoms with van der Waals surface area (Å²) in [4.78, 5) is 0. The van der Waals surface area contributed by atoms with E-state index >= 15 is 0 Å². The summed E-state index contributed by atoms with van der Waals surface area (Å²) in [6.45, 7) is 0. The highest BCUT2D eigenvalue weighted by molar-refractivity contribution is 6.33. The van der Waals surface area contributed by atoms with Crippen LogP contribution in [0.4, 0.5) is 0 Å². The van der Waals surface area contributed by atoms with Crippen LogP contribution < -0.4 is 5.73 Å². The summed E-state index contributed by atoms with van der Waals surface area (Å²) < 4.78 is 0. The average molecular weight is 294 g/mol. The zero-order valence-corrected chi connectivity index (χ0v) is 12.2. The Balaban J connectivity index is 1.88. The van der Waals surface area contributed by atoms with E-state index in [1.54, 1.807) is 0 Å². The standard InChI is InChI=1S/C16H17Cl2N/c17-14-9-10-15(18)13(11-14)7-4-8-16(19)12-5-2-1-3-6-12/h1-3,5-6,9-11,16H,4,7-8,19H2. The average Bonchev–Trinajstić information content (AvgIpc) is 2.43. The van der Waals surface area contributed by atoms with Crippen LogP contribution in [0.1, 0.15) is 30.0 Å². The van der Waals surface area contributed by atoms with Gasteiger partial charge < -0.3 is 5.73 Å². The summed E-state index contributed by atoms with van der Waals surface area (Å²) in [6.07, 6.45) is 2.84. The van der Waals surface area contributed by atoms with Gasteiger partial charge in [0.2, 0.25) is 0 Å². The fourth-order valence-electron chi connectivity index (χ4n) is 2.11. The molecule has 0 spiro atoms. The number of halogens is 2. The van der Waals surface area contributed by atoms with Gasteiger partial charge >= 0.3 is 0 Å². The van der Waals surface area contributed by atoms with Crippen molar-refractivity contribution < 1.29 is 0 Å². The molecule has 3 heteroatoms. The second-order valence-electron chi connectivity index (χ2n) is 4.65. The molecule has 0 aliphatic carbocycles. The molecule has 100 valence electrons. The Kier molecular flexibility index (Phi) is 5.26. The predicted molar refractivity (Wildman–Crippen MR) is 82.8 cm³/mol. The first-order valence-electron chi connectivity index (χ1n) is 6.41. The van der Waals surface area contributed by atoms with Crippen LogP contribution in [0.25, 0.3) is 0 Å². The summed E-state index contributed by atoms with van der Waals surface area (Å²) in [7, 11) is 0. The van der Waals surface area contributed by atoms with Gasteiger partial charge in [0.1, 0.15) is 0 Å². The van der Waals surface area contributed by atoms with E-state index in [1.807, 2.05) is 36.4 Å². The first kappa shape index (κ1) is 14.4. The van der Waals surface area contributed by atoms with Crippen LogP contribution in [-0.2, 0) is 6.42 Å². The second-order valence-corrected chi connectivity index (χ2v) is 5.49. The molecule has 0 aromatic heterocycles. The van der Waals surface area contributed by atoms with Gasteiger partial charge in [-0.05, 0) is 48.6 Å². The second kappa shape index (κ2) is 6.95. The lowest BCUT2D eigenvalue weighted by atomic mass is 10.00. The van der Waals surface area contributed by atoms with Crippen LogP contribution in [0.2, 0.25) is 10.0 Å². The molecule has 0 radical (unpaired) electrons. The third-order valence-electron chi connectivity index (χ3n) is 3.20. The van der Waals surface area contributed by atoms with Crippen molar-refractivity contribution in [2.75, 3.05) is 0 Å². The minimum atomic E-state index is 0.0826. The van der Waals surface area contributed by atoms with E-state index in [0.717, 1.165) is 34.9 Å². The van der Waals surface area contributed by atoms with Crippen LogP contribution in [-0.4, -0.2) is 0 Å². The minimum absolute atomic E-state index is 0.0826. The molecule has 0 fully saturated rings. The van der Waals surface area contributed by atoms with Crippen LogP contribution >= 0.6 is 23.2 Å². The first-order chi connectivity index (χ1) is 9.16. The molecule has 0 saturated heterocycles. The molecule has 0 bridgehead atoms. The van der Waals surface area contributed by atoms with Crippen molar-refractivity contribution in [1.82, 2.24) is 0 Å². The molecule has 0 saturated carbocycles. The summed E-state index contributed by atoms with van der Waals surface area (Å²) in [6, 6.07) is 15.8. The molecular formula is C16H17Cl2N. The quantitative estimate of drug-likeness (QED) is 0.823. The van der Waals surface area contributed by atoms with Gasteiger partial charge in [-0.3, -0.25) is 0 Å². The molecule has 19 heavy (non-hydrogen) atoms. The molecule has 1 unspecified atom stereocenters. The van der Waals surface area contributed by atoms with E-state index in [1.165, 1.54) is 5.56 Å². The zero-order chi connectivity index (χ0) is 13.7. The summed E-state index contributed by atoms with van der Waals surface area (Å²) >= 11 is 12.1. The van der Waals surface area contributed by atoms with Gasteiger partial charge in [-0.2, -0.15) is 0 Å². The Morgan fingerprint density at radius 3 is 2.47 bits per heavy atom. The van der Waals surface area contributed by atoms with Crippen molar-refractivity contribution in [1.29, 1.82) is 0 Å². The van der Waals surface area contributed by atoms with Gasteiger partial charge in [0, 0.05) is 16.1 Å². The number of rotatable bonds is 5. The van der Waals surface area contributed by atoms with E-state index in [0.29, 0.717) is 0 Å². The van der Waals surface area contributed by atoms with E-state index in [4.69, 9.17) is 28.9 Å². The Labute approximate surface area is 124 Å². The molecule has 2 aromatic rings. The van der Waals surface area contributed by atoms with Crippen molar-refractivity contribution in [2.24, 2.45) is 5.73 Å². The fraction of sp³-hybridized carbons (Fsp3) is 0.250. The lowest BCUT2D eigenvalue weighted by Crippen LogP contribution is -2.10. The van der Waals surface area contributed by atoms with Gasteiger partial charge in [0.05, 0.1) is 0 Å². The summed E-state index contributed by atoms with van der Waals surface area (Å²) in [5.74, 6) is 0. The Morgan fingerprint density at radius 2 is 1.74 bits per heavy atom. The van der Waals surface area contributed by atoms with Crippen molar-refractivity contribution in [3.05, 3.63) is 69.7 Å². The van der Waals surface area contributed by atoms with E-state index in [-0.39, 0.29) is 6.04 Å². The maximum atomic E-state index is 6.17. The molecule has 1 atom stereocenters. The zero-order valence-electron chi connectivity index (χ0n) is 10.7. The number of benzene rings is 2. The highest BCUT2D eigenvalue weighted by Crippen LogP contribution is 2.23. The number of nitrogens with two attached hydrogens (primary N) is 1. The summed E-state index contributed by atoms with van der Waals surface area (Å²) in [5.41, 5.74) is 8.44. The molecule has 2 N–H and O–H groups in total. The van der Waals surface area contributed by atoms with Crippen molar-refractivity contribution in [3.63, 3.8) is 0 Å². The minimum Gasteiger partial charge on any atom is -0.324 e. The maximum absolute atomic E-state index is 6.17. The first-order valence-corrected chi connectivity index (χ1v) is 7.17. The highest BCUT2D eigenvalue weighted by Gasteiger charge is 2.06.